The van der Waals surface area contributed by atoms with Gasteiger partial charge in [0.25, 0.3) is 0 Å². The van der Waals surface area contributed by atoms with Crippen LogP contribution >= 0.6 is 0 Å². The zero-order valence-electron chi connectivity index (χ0n) is 33.0. The SMILES string of the molecule is C=C(N=C(N=C(C)c1ccccc1)C1c2ccccc2-c2ccc3c4ccccc4n(-c4cccc5nc(-c6ccc(-c7ccccc7)cc6)oc45)c3c21)c1ccccc1. The Balaban J connectivity index is 1.15. The highest BCUT2D eigenvalue weighted by atomic mass is 16.3. The molecule has 60 heavy (non-hydrogen) atoms. The van der Waals surface area contributed by atoms with E-state index < -0.39 is 0 Å². The lowest BCUT2D eigenvalue weighted by atomic mass is 9.93. The number of para-hydroxylation sites is 2. The second-order valence-corrected chi connectivity index (χ2v) is 15.2. The fourth-order valence-corrected chi connectivity index (χ4v) is 8.85. The average molecular weight is 771 g/mol. The molecule has 5 heteroatoms. The molecule has 0 spiro atoms. The first kappa shape index (κ1) is 35.3. The van der Waals surface area contributed by atoms with Gasteiger partial charge in [0.2, 0.25) is 5.89 Å². The number of benzene rings is 8. The minimum Gasteiger partial charge on any atom is -0.434 e. The van der Waals surface area contributed by atoms with E-state index in [9.17, 15) is 0 Å². The Morgan fingerprint density at radius 2 is 1.22 bits per heavy atom. The van der Waals surface area contributed by atoms with Gasteiger partial charge in [-0.2, -0.15) is 0 Å². The van der Waals surface area contributed by atoms with Gasteiger partial charge >= 0.3 is 0 Å². The van der Waals surface area contributed by atoms with Crippen molar-refractivity contribution in [1.82, 2.24) is 9.55 Å². The van der Waals surface area contributed by atoms with Crippen molar-refractivity contribution in [3.8, 4) is 39.4 Å². The van der Waals surface area contributed by atoms with Crippen molar-refractivity contribution in [3.05, 3.63) is 223 Å². The molecular formula is C55H38N4O. The molecule has 0 bridgehead atoms. The number of oxazole rings is 1. The highest BCUT2D eigenvalue weighted by Gasteiger charge is 2.36. The van der Waals surface area contributed by atoms with Gasteiger partial charge in [0.05, 0.1) is 28.3 Å². The molecule has 0 saturated heterocycles. The molecule has 10 aromatic rings. The maximum Gasteiger partial charge on any atom is 0.227 e. The lowest BCUT2D eigenvalue weighted by Crippen LogP contribution is -2.14. The standard InChI is InChI=1S/C55H38N4O/c1-35(37-17-6-3-7-18-37)56-54(57-36(2)38-19-8-4-9-20-38)51-44-25-13-12-23-42(44)45-33-34-46-43-24-14-15-27-48(43)59(52(46)50(45)51)49-28-16-26-47-53(49)60-55(58-47)41-31-29-40(30-32-41)39-21-10-5-11-22-39/h3-34,51H,1H2,2H3. The van der Waals surface area contributed by atoms with Gasteiger partial charge in [0.15, 0.2) is 5.58 Å². The maximum absolute atomic E-state index is 6.82. The lowest BCUT2D eigenvalue weighted by Gasteiger charge is -2.18. The van der Waals surface area contributed by atoms with Crippen molar-refractivity contribution < 1.29 is 4.42 Å². The van der Waals surface area contributed by atoms with Crippen molar-refractivity contribution in [1.29, 1.82) is 0 Å². The zero-order chi connectivity index (χ0) is 40.2. The Morgan fingerprint density at radius 3 is 2.00 bits per heavy atom. The van der Waals surface area contributed by atoms with Crippen LogP contribution < -0.4 is 0 Å². The third-order valence-corrected chi connectivity index (χ3v) is 11.7. The van der Waals surface area contributed by atoms with Gasteiger partial charge in [-0.05, 0) is 81.8 Å². The Kier molecular flexibility index (Phi) is 8.52. The number of aliphatic imine (C=N–C) groups is 2. The summed E-state index contributed by atoms with van der Waals surface area (Å²) in [6.07, 6.45) is 0. The monoisotopic (exact) mass is 770 g/mol. The van der Waals surface area contributed by atoms with Crippen LogP contribution in [0.2, 0.25) is 0 Å². The predicted molar refractivity (Wildman–Crippen MR) is 248 cm³/mol. The predicted octanol–water partition coefficient (Wildman–Crippen LogP) is 13.9. The molecule has 11 rings (SSSR count). The third-order valence-electron chi connectivity index (χ3n) is 11.7. The molecule has 0 fully saturated rings. The first-order valence-electron chi connectivity index (χ1n) is 20.3. The quantitative estimate of drug-likeness (QED) is 0.120. The third kappa shape index (κ3) is 5.90. The minimum absolute atomic E-state index is 0.310. The molecule has 2 aromatic heterocycles. The van der Waals surface area contributed by atoms with Gasteiger partial charge in [0, 0.05) is 22.0 Å². The van der Waals surface area contributed by atoms with Crippen LogP contribution in [0.15, 0.2) is 215 Å². The van der Waals surface area contributed by atoms with E-state index in [-0.39, 0.29) is 5.92 Å². The molecular weight excluding hydrogens is 733 g/mol. The number of amidine groups is 1. The van der Waals surface area contributed by atoms with E-state index in [2.05, 4.69) is 152 Å². The van der Waals surface area contributed by atoms with Crippen LogP contribution in [0.25, 0.3) is 78.0 Å². The van der Waals surface area contributed by atoms with E-state index in [1.807, 2.05) is 60.7 Å². The van der Waals surface area contributed by atoms with Crippen LogP contribution in [0.4, 0.5) is 0 Å². The molecule has 5 nitrogen and oxygen atoms in total. The van der Waals surface area contributed by atoms with E-state index in [0.717, 1.165) is 83.2 Å². The second kappa shape index (κ2) is 14.5. The maximum atomic E-state index is 6.82. The van der Waals surface area contributed by atoms with E-state index in [1.54, 1.807) is 0 Å². The number of nitrogens with zero attached hydrogens (tertiary/aromatic N) is 4. The summed E-state index contributed by atoms with van der Waals surface area (Å²) >= 11 is 0. The largest absolute Gasteiger partial charge is 0.434 e. The van der Waals surface area contributed by atoms with Crippen LogP contribution in [-0.2, 0) is 0 Å². The summed E-state index contributed by atoms with van der Waals surface area (Å²) in [7, 11) is 0. The molecule has 1 aliphatic carbocycles. The molecule has 1 atom stereocenters. The van der Waals surface area contributed by atoms with Crippen molar-refractivity contribution in [3.63, 3.8) is 0 Å². The Morgan fingerprint density at radius 1 is 0.567 bits per heavy atom. The van der Waals surface area contributed by atoms with Crippen molar-refractivity contribution in [2.75, 3.05) is 0 Å². The van der Waals surface area contributed by atoms with Gasteiger partial charge in [-0.25, -0.2) is 15.0 Å². The van der Waals surface area contributed by atoms with Crippen LogP contribution in [-0.4, -0.2) is 21.1 Å². The van der Waals surface area contributed by atoms with Gasteiger partial charge in [0.1, 0.15) is 11.4 Å². The molecule has 284 valence electrons. The molecule has 0 radical (unpaired) electrons. The van der Waals surface area contributed by atoms with Crippen molar-refractivity contribution in [2.45, 2.75) is 12.8 Å². The smallest absolute Gasteiger partial charge is 0.227 e. The highest BCUT2D eigenvalue weighted by Crippen LogP contribution is 2.51. The van der Waals surface area contributed by atoms with Crippen LogP contribution in [0.5, 0.6) is 0 Å². The number of hydrogen-bond acceptors (Lipinski definition) is 3. The number of rotatable bonds is 7. The fourth-order valence-electron chi connectivity index (χ4n) is 8.85. The fraction of sp³-hybridized carbons (Fsp3) is 0.0364. The molecule has 1 aliphatic rings. The highest BCUT2D eigenvalue weighted by molar-refractivity contribution is 6.18. The van der Waals surface area contributed by atoms with E-state index in [4.69, 9.17) is 19.4 Å². The topological polar surface area (TPSA) is 55.7 Å². The lowest BCUT2D eigenvalue weighted by molar-refractivity contribution is 0.618. The van der Waals surface area contributed by atoms with Crippen LogP contribution in [0.3, 0.4) is 0 Å². The summed E-state index contributed by atoms with van der Waals surface area (Å²) < 4.78 is 9.19. The summed E-state index contributed by atoms with van der Waals surface area (Å²) in [6.45, 7) is 6.55. The first-order valence-corrected chi connectivity index (χ1v) is 20.3. The number of hydrogen-bond donors (Lipinski definition) is 0. The summed E-state index contributed by atoms with van der Waals surface area (Å²) in [5, 5.41) is 2.29. The van der Waals surface area contributed by atoms with Gasteiger partial charge in [-0.15, -0.1) is 0 Å². The number of aromatic nitrogens is 2. The van der Waals surface area contributed by atoms with Crippen LogP contribution in [0.1, 0.15) is 35.1 Å². The Hall–Kier alpha value is -7.89. The average Bonchev–Trinajstić information content (AvgIpc) is 4.00. The van der Waals surface area contributed by atoms with E-state index in [1.165, 1.54) is 11.1 Å². The summed E-state index contributed by atoms with van der Waals surface area (Å²) in [5.41, 5.74) is 15.9. The van der Waals surface area contributed by atoms with Crippen molar-refractivity contribution in [2.24, 2.45) is 9.98 Å². The zero-order valence-corrected chi connectivity index (χ0v) is 33.0. The normalized spacial score (nSPS) is 13.8. The van der Waals surface area contributed by atoms with Crippen LogP contribution in [0, 0.1) is 0 Å². The van der Waals surface area contributed by atoms with Gasteiger partial charge in [-0.1, -0.05) is 170 Å². The summed E-state index contributed by atoms with van der Waals surface area (Å²) in [6, 6.07) is 67.4. The Bertz CT molecular complexity index is 3320. The Labute approximate surface area is 348 Å². The van der Waals surface area contributed by atoms with E-state index >= 15 is 0 Å². The van der Waals surface area contributed by atoms with Gasteiger partial charge < -0.3 is 8.98 Å². The second-order valence-electron chi connectivity index (χ2n) is 15.2. The molecule has 0 N–H and O–H groups in total. The minimum atomic E-state index is -0.310. The van der Waals surface area contributed by atoms with E-state index in [0.29, 0.717) is 17.4 Å². The number of fused-ring (bicyclic) bond motifs is 8. The van der Waals surface area contributed by atoms with Gasteiger partial charge in [-0.3, -0.25) is 0 Å². The first-order chi connectivity index (χ1) is 29.6. The molecule has 0 amide bonds. The molecule has 0 aliphatic heterocycles. The molecule has 8 aromatic carbocycles. The molecule has 0 saturated carbocycles. The molecule has 1 unspecified atom stereocenters. The summed E-state index contributed by atoms with van der Waals surface area (Å²) in [4.78, 5) is 15.9. The van der Waals surface area contributed by atoms with Crippen molar-refractivity contribution >= 4 is 50.1 Å². The molecule has 2 heterocycles. The summed E-state index contributed by atoms with van der Waals surface area (Å²) in [5.74, 6) is 0.947.